The van der Waals surface area contributed by atoms with Crippen molar-refractivity contribution in [3.63, 3.8) is 0 Å². The molecule has 0 unspecified atom stereocenters. The summed E-state index contributed by atoms with van der Waals surface area (Å²) in [5.41, 5.74) is 1.000. The Hall–Kier alpha value is -1.46. The van der Waals surface area contributed by atoms with Crippen molar-refractivity contribution >= 4 is 5.91 Å². The zero-order chi connectivity index (χ0) is 15.2. The smallest absolute Gasteiger partial charge is 0.223 e. The van der Waals surface area contributed by atoms with Gasteiger partial charge in [-0.2, -0.15) is 0 Å². The number of amides is 1. The zero-order valence-electron chi connectivity index (χ0n) is 13.1. The highest BCUT2D eigenvalue weighted by Crippen LogP contribution is 2.20. The lowest BCUT2D eigenvalue weighted by molar-refractivity contribution is -0.132. The van der Waals surface area contributed by atoms with E-state index in [1.807, 2.05) is 18.2 Å². The van der Waals surface area contributed by atoms with Gasteiger partial charge in [0.05, 0.1) is 13.2 Å². The van der Waals surface area contributed by atoms with Crippen molar-refractivity contribution in [3.05, 3.63) is 30.1 Å². The largest absolute Gasteiger partial charge is 0.379 e. The van der Waals surface area contributed by atoms with E-state index in [-0.39, 0.29) is 5.91 Å². The first-order valence-electron chi connectivity index (χ1n) is 8.32. The van der Waals surface area contributed by atoms with E-state index in [0.29, 0.717) is 12.5 Å². The van der Waals surface area contributed by atoms with Crippen molar-refractivity contribution in [2.45, 2.75) is 31.7 Å². The van der Waals surface area contributed by atoms with Crippen molar-refractivity contribution in [2.75, 3.05) is 39.4 Å². The summed E-state index contributed by atoms with van der Waals surface area (Å²) in [6.45, 7) is 5.54. The molecule has 0 spiro atoms. The van der Waals surface area contributed by atoms with Crippen molar-refractivity contribution in [1.29, 1.82) is 0 Å². The van der Waals surface area contributed by atoms with Crippen LogP contribution >= 0.6 is 0 Å². The van der Waals surface area contributed by atoms with E-state index < -0.39 is 0 Å². The maximum absolute atomic E-state index is 12.5. The molecule has 2 aliphatic heterocycles. The summed E-state index contributed by atoms with van der Waals surface area (Å²) < 4.78 is 5.40. The molecule has 0 bridgehead atoms. The third-order valence-corrected chi connectivity index (χ3v) is 4.59. The molecule has 3 heterocycles. The summed E-state index contributed by atoms with van der Waals surface area (Å²) in [6.07, 6.45) is 5.35. The van der Waals surface area contributed by atoms with Crippen molar-refractivity contribution in [3.8, 4) is 0 Å². The number of hydrogen-bond donors (Lipinski definition) is 0. The number of carbonyl (C=O) groups is 1. The Bertz CT molecular complexity index is 474. The van der Waals surface area contributed by atoms with Gasteiger partial charge >= 0.3 is 0 Å². The molecule has 2 aliphatic rings. The minimum Gasteiger partial charge on any atom is -0.379 e. The zero-order valence-corrected chi connectivity index (χ0v) is 13.1. The molecule has 1 aromatic rings. The number of rotatable bonds is 5. The monoisotopic (exact) mass is 303 g/mol. The predicted molar refractivity (Wildman–Crippen MR) is 84.6 cm³/mol. The second-order valence-electron chi connectivity index (χ2n) is 6.12. The van der Waals surface area contributed by atoms with Gasteiger partial charge in [0, 0.05) is 50.5 Å². The highest BCUT2D eigenvalue weighted by atomic mass is 16.5. The van der Waals surface area contributed by atoms with Gasteiger partial charge in [0.2, 0.25) is 5.91 Å². The Morgan fingerprint density at radius 2 is 2.14 bits per heavy atom. The normalized spacial score (nSPS) is 22.9. The molecular weight excluding hydrogens is 278 g/mol. The molecular formula is C17H25N3O2. The molecule has 1 amide bonds. The summed E-state index contributed by atoms with van der Waals surface area (Å²) in [6, 6.07) is 6.26. The molecule has 2 saturated heterocycles. The van der Waals surface area contributed by atoms with Gasteiger partial charge < -0.3 is 9.64 Å². The van der Waals surface area contributed by atoms with Crippen molar-refractivity contribution in [1.82, 2.24) is 14.8 Å². The molecule has 0 aliphatic carbocycles. The van der Waals surface area contributed by atoms with Crippen LogP contribution in [-0.4, -0.2) is 66.1 Å². The van der Waals surface area contributed by atoms with Crippen molar-refractivity contribution in [2.24, 2.45) is 0 Å². The highest BCUT2D eigenvalue weighted by molar-refractivity contribution is 5.77. The predicted octanol–water partition coefficient (Wildman–Crippen LogP) is 1.34. The van der Waals surface area contributed by atoms with Crippen LogP contribution in [0.3, 0.4) is 0 Å². The Morgan fingerprint density at radius 3 is 2.91 bits per heavy atom. The fraction of sp³-hybridized carbons (Fsp3) is 0.647. The second kappa shape index (κ2) is 7.70. The number of carbonyl (C=O) groups excluding carboxylic acids is 1. The maximum atomic E-state index is 12.5. The molecule has 22 heavy (non-hydrogen) atoms. The van der Waals surface area contributed by atoms with Crippen LogP contribution in [0.1, 0.15) is 25.0 Å². The number of hydrogen-bond acceptors (Lipinski definition) is 4. The SMILES string of the molecule is O=C(CCc1ccccn1)N1CCC[C@@H]1CN1CCOCC1. The summed E-state index contributed by atoms with van der Waals surface area (Å²) in [4.78, 5) is 21.3. The number of nitrogens with zero attached hydrogens (tertiary/aromatic N) is 3. The third kappa shape index (κ3) is 4.05. The van der Waals surface area contributed by atoms with Gasteiger partial charge in [0.15, 0.2) is 0 Å². The topological polar surface area (TPSA) is 45.7 Å². The number of morpholine rings is 1. The van der Waals surface area contributed by atoms with E-state index in [0.717, 1.165) is 64.3 Å². The minimum absolute atomic E-state index is 0.279. The van der Waals surface area contributed by atoms with Crippen LogP contribution in [0.5, 0.6) is 0 Å². The molecule has 2 fully saturated rings. The Morgan fingerprint density at radius 1 is 1.27 bits per heavy atom. The average Bonchev–Trinajstić information content (AvgIpc) is 3.03. The first-order chi connectivity index (χ1) is 10.8. The van der Waals surface area contributed by atoms with Gasteiger partial charge in [-0.15, -0.1) is 0 Å². The van der Waals surface area contributed by atoms with E-state index in [9.17, 15) is 4.79 Å². The fourth-order valence-corrected chi connectivity index (χ4v) is 3.36. The first kappa shape index (κ1) is 15.4. The number of aryl methyl sites for hydroxylation is 1. The first-order valence-corrected chi connectivity index (χ1v) is 8.32. The summed E-state index contributed by atoms with van der Waals surface area (Å²) in [5, 5.41) is 0. The molecule has 1 atom stereocenters. The molecule has 0 radical (unpaired) electrons. The van der Waals surface area contributed by atoms with Crippen LogP contribution in [-0.2, 0) is 16.0 Å². The average molecular weight is 303 g/mol. The lowest BCUT2D eigenvalue weighted by Gasteiger charge is -2.33. The molecule has 5 nitrogen and oxygen atoms in total. The van der Waals surface area contributed by atoms with Crippen LogP contribution in [0.2, 0.25) is 0 Å². The van der Waals surface area contributed by atoms with E-state index in [1.54, 1.807) is 6.20 Å². The fourth-order valence-electron chi connectivity index (χ4n) is 3.36. The Kier molecular flexibility index (Phi) is 5.40. The van der Waals surface area contributed by atoms with E-state index in [4.69, 9.17) is 4.74 Å². The number of ether oxygens (including phenoxy) is 1. The number of likely N-dealkylation sites (tertiary alicyclic amines) is 1. The van der Waals surface area contributed by atoms with Crippen molar-refractivity contribution < 1.29 is 9.53 Å². The summed E-state index contributed by atoms with van der Waals surface area (Å²) in [7, 11) is 0. The number of aromatic nitrogens is 1. The maximum Gasteiger partial charge on any atom is 0.223 e. The summed E-state index contributed by atoms with van der Waals surface area (Å²) >= 11 is 0. The standard InChI is InChI=1S/C17H25N3O2/c21-17(7-6-15-4-1-2-8-18-15)20-9-3-5-16(20)14-19-10-12-22-13-11-19/h1-2,4,8,16H,3,5-7,9-14H2/t16-/m1/s1. The van der Waals surface area contributed by atoms with Gasteiger partial charge in [-0.1, -0.05) is 6.07 Å². The van der Waals surface area contributed by atoms with Gasteiger partial charge in [-0.3, -0.25) is 14.7 Å². The van der Waals surface area contributed by atoms with E-state index >= 15 is 0 Å². The quantitative estimate of drug-likeness (QED) is 0.823. The van der Waals surface area contributed by atoms with Crippen LogP contribution in [0.15, 0.2) is 24.4 Å². The molecule has 3 rings (SSSR count). The van der Waals surface area contributed by atoms with Gasteiger partial charge in [0.25, 0.3) is 0 Å². The molecule has 0 N–H and O–H groups in total. The van der Waals surface area contributed by atoms with E-state index in [1.165, 1.54) is 0 Å². The Labute approximate surface area is 132 Å². The number of pyridine rings is 1. The third-order valence-electron chi connectivity index (χ3n) is 4.59. The van der Waals surface area contributed by atoms with Crippen LogP contribution in [0.25, 0.3) is 0 Å². The van der Waals surface area contributed by atoms with Gasteiger partial charge in [0.1, 0.15) is 0 Å². The van der Waals surface area contributed by atoms with Gasteiger partial charge in [-0.25, -0.2) is 0 Å². The minimum atomic E-state index is 0.279. The lowest BCUT2D eigenvalue weighted by Crippen LogP contribution is -2.46. The highest BCUT2D eigenvalue weighted by Gasteiger charge is 2.30. The van der Waals surface area contributed by atoms with E-state index in [2.05, 4.69) is 14.8 Å². The van der Waals surface area contributed by atoms with Crippen LogP contribution < -0.4 is 0 Å². The molecule has 5 heteroatoms. The lowest BCUT2D eigenvalue weighted by atomic mass is 10.1. The molecule has 0 aromatic carbocycles. The molecule has 120 valence electrons. The molecule has 0 saturated carbocycles. The van der Waals surface area contributed by atoms with Gasteiger partial charge in [-0.05, 0) is 31.4 Å². The summed E-state index contributed by atoms with van der Waals surface area (Å²) in [5.74, 6) is 0.279. The molecule has 1 aromatic heterocycles. The Balaban J connectivity index is 1.49. The van der Waals surface area contributed by atoms with Crippen LogP contribution in [0, 0.1) is 0 Å². The second-order valence-corrected chi connectivity index (χ2v) is 6.12. The van der Waals surface area contributed by atoms with Crippen LogP contribution in [0.4, 0.5) is 0 Å².